The van der Waals surface area contributed by atoms with Crippen LogP contribution in [-0.4, -0.2) is 33.7 Å². The van der Waals surface area contributed by atoms with Gasteiger partial charge in [-0.05, 0) is 34.6 Å². The lowest BCUT2D eigenvalue weighted by molar-refractivity contribution is -0.155. The van der Waals surface area contributed by atoms with E-state index >= 15 is 0 Å². The topological polar surface area (TPSA) is 101 Å². The molecule has 0 bridgehead atoms. The summed E-state index contributed by atoms with van der Waals surface area (Å²) < 4.78 is 16.6. The molecule has 0 spiro atoms. The molecule has 0 unspecified atom stereocenters. The van der Waals surface area contributed by atoms with Crippen molar-refractivity contribution in [1.29, 1.82) is 0 Å². The van der Waals surface area contributed by atoms with Crippen LogP contribution < -0.4 is 5.56 Å². The highest BCUT2D eigenvalue weighted by atomic mass is 16.6. The van der Waals surface area contributed by atoms with Crippen LogP contribution in [0.2, 0.25) is 0 Å². The molecule has 0 N–H and O–H groups in total. The van der Waals surface area contributed by atoms with Crippen LogP contribution in [0.25, 0.3) is 11.1 Å². The maximum atomic E-state index is 12.6. The standard InChI is InChI=1S/C16H20N2O6/c1-6-22-15(21)11-9(2)23-13-12(11)14(20)18(8-17-13)7-10(19)24-16(3,4)5/h8H,6-7H2,1-5H3. The zero-order valence-electron chi connectivity index (χ0n) is 14.3. The SMILES string of the molecule is CCOC(=O)c1c(C)oc2ncn(CC(=O)OC(C)(C)C)c(=O)c12. The van der Waals surface area contributed by atoms with Gasteiger partial charge in [0.2, 0.25) is 5.71 Å². The number of furan rings is 1. The van der Waals surface area contributed by atoms with Gasteiger partial charge in [-0.3, -0.25) is 14.2 Å². The van der Waals surface area contributed by atoms with Crippen molar-refractivity contribution in [3.63, 3.8) is 0 Å². The van der Waals surface area contributed by atoms with Crippen molar-refractivity contribution in [1.82, 2.24) is 9.55 Å². The molecule has 0 aliphatic rings. The molecule has 2 heterocycles. The highest BCUT2D eigenvalue weighted by molar-refractivity contribution is 6.03. The average Bonchev–Trinajstić information content (AvgIpc) is 2.77. The monoisotopic (exact) mass is 336 g/mol. The first kappa shape index (κ1) is 17.7. The number of carbonyl (C=O) groups excluding carboxylic acids is 2. The molecule has 0 amide bonds. The number of fused-ring (bicyclic) bond motifs is 1. The van der Waals surface area contributed by atoms with E-state index in [-0.39, 0.29) is 35.6 Å². The van der Waals surface area contributed by atoms with E-state index < -0.39 is 23.1 Å². The number of aryl methyl sites for hydroxylation is 1. The molecule has 8 heteroatoms. The maximum absolute atomic E-state index is 12.6. The third-order valence-electron chi connectivity index (χ3n) is 3.05. The summed E-state index contributed by atoms with van der Waals surface area (Å²) in [6.07, 6.45) is 1.19. The summed E-state index contributed by atoms with van der Waals surface area (Å²) in [5.41, 5.74) is -1.17. The Bertz CT molecular complexity index is 841. The normalized spacial score (nSPS) is 11.5. The number of ether oxygens (including phenoxy) is 2. The molecule has 0 saturated carbocycles. The van der Waals surface area contributed by atoms with Crippen molar-refractivity contribution in [3.8, 4) is 0 Å². The lowest BCUT2D eigenvalue weighted by atomic mass is 10.2. The fourth-order valence-corrected chi connectivity index (χ4v) is 2.21. The largest absolute Gasteiger partial charge is 0.462 e. The highest BCUT2D eigenvalue weighted by Crippen LogP contribution is 2.21. The molecule has 0 aliphatic carbocycles. The lowest BCUT2D eigenvalue weighted by Crippen LogP contribution is -2.31. The molecular weight excluding hydrogens is 316 g/mol. The second kappa shape index (κ2) is 6.46. The minimum Gasteiger partial charge on any atom is -0.462 e. The average molecular weight is 336 g/mol. The first-order chi connectivity index (χ1) is 11.1. The minimum atomic E-state index is -0.666. The third-order valence-corrected chi connectivity index (χ3v) is 3.05. The number of nitrogens with zero attached hydrogens (tertiary/aromatic N) is 2. The number of hydrogen-bond acceptors (Lipinski definition) is 7. The molecule has 0 saturated heterocycles. The maximum Gasteiger partial charge on any atom is 0.342 e. The van der Waals surface area contributed by atoms with E-state index in [9.17, 15) is 14.4 Å². The van der Waals surface area contributed by atoms with Gasteiger partial charge in [-0.15, -0.1) is 0 Å². The Labute approximate surface area is 138 Å². The first-order valence-corrected chi connectivity index (χ1v) is 7.51. The van der Waals surface area contributed by atoms with E-state index in [4.69, 9.17) is 13.9 Å². The zero-order chi connectivity index (χ0) is 18.1. The minimum absolute atomic E-state index is 0.00277. The van der Waals surface area contributed by atoms with Crippen molar-refractivity contribution in [3.05, 3.63) is 28.0 Å². The zero-order valence-corrected chi connectivity index (χ0v) is 14.3. The van der Waals surface area contributed by atoms with Gasteiger partial charge in [-0.25, -0.2) is 9.78 Å². The smallest absolute Gasteiger partial charge is 0.342 e. The van der Waals surface area contributed by atoms with Gasteiger partial charge < -0.3 is 13.9 Å². The molecule has 24 heavy (non-hydrogen) atoms. The summed E-state index contributed by atoms with van der Waals surface area (Å²) in [7, 11) is 0. The number of rotatable bonds is 4. The van der Waals surface area contributed by atoms with Crippen molar-refractivity contribution >= 4 is 23.0 Å². The van der Waals surface area contributed by atoms with Gasteiger partial charge in [0.1, 0.15) is 35.2 Å². The van der Waals surface area contributed by atoms with Crippen LogP contribution in [0.1, 0.15) is 43.8 Å². The Hall–Kier alpha value is -2.64. The van der Waals surface area contributed by atoms with Gasteiger partial charge in [-0.2, -0.15) is 0 Å². The molecular formula is C16H20N2O6. The fraction of sp³-hybridized carbons (Fsp3) is 0.500. The van der Waals surface area contributed by atoms with Crippen LogP contribution in [0.15, 0.2) is 15.5 Å². The molecule has 0 aliphatic heterocycles. The highest BCUT2D eigenvalue weighted by Gasteiger charge is 2.25. The van der Waals surface area contributed by atoms with Crippen LogP contribution in [0.5, 0.6) is 0 Å². The number of esters is 2. The third kappa shape index (κ3) is 3.64. The number of hydrogen-bond donors (Lipinski definition) is 0. The summed E-state index contributed by atoms with van der Waals surface area (Å²) in [5.74, 6) is -1.01. The van der Waals surface area contributed by atoms with Crippen molar-refractivity contribution in [2.24, 2.45) is 0 Å². The van der Waals surface area contributed by atoms with E-state index in [1.54, 1.807) is 34.6 Å². The van der Waals surface area contributed by atoms with E-state index in [0.717, 1.165) is 4.57 Å². The molecule has 8 nitrogen and oxygen atoms in total. The number of aromatic nitrogens is 2. The van der Waals surface area contributed by atoms with Crippen LogP contribution in [0.3, 0.4) is 0 Å². The number of carbonyl (C=O) groups is 2. The molecule has 0 radical (unpaired) electrons. The molecule has 2 aromatic heterocycles. The van der Waals surface area contributed by atoms with Crippen LogP contribution in [0.4, 0.5) is 0 Å². The van der Waals surface area contributed by atoms with E-state index in [2.05, 4.69) is 4.98 Å². The van der Waals surface area contributed by atoms with E-state index in [1.807, 2.05) is 0 Å². The molecule has 130 valence electrons. The van der Waals surface area contributed by atoms with E-state index in [1.165, 1.54) is 6.33 Å². The first-order valence-electron chi connectivity index (χ1n) is 7.51. The Balaban J connectivity index is 2.46. The summed E-state index contributed by atoms with van der Waals surface area (Å²) in [6, 6.07) is 0. The second-order valence-corrected chi connectivity index (χ2v) is 6.20. The van der Waals surface area contributed by atoms with Crippen molar-refractivity contribution in [2.75, 3.05) is 6.61 Å². The van der Waals surface area contributed by atoms with Gasteiger partial charge in [0.25, 0.3) is 5.56 Å². The van der Waals surface area contributed by atoms with Gasteiger partial charge >= 0.3 is 11.9 Å². The Kier molecular flexibility index (Phi) is 4.77. The Morgan fingerprint density at radius 1 is 1.33 bits per heavy atom. The molecule has 0 aromatic carbocycles. The summed E-state index contributed by atoms with van der Waals surface area (Å²) >= 11 is 0. The predicted molar refractivity (Wildman–Crippen MR) is 84.8 cm³/mol. The van der Waals surface area contributed by atoms with Crippen LogP contribution in [0, 0.1) is 6.92 Å². The van der Waals surface area contributed by atoms with Gasteiger partial charge in [0.15, 0.2) is 0 Å². The molecule has 0 atom stereocenters. The van der Waals surface area contributed by atoms with Crippen LogP contribution in [-0.2, 0) is 20.8 Å². The Morgan fingerprint density at radius 3 is 2.58 bits per heavy atom. The summed E-state index contributed by atoms with van der Waals surface area (Å²) in [6.45, 7) is 8.25. The quantitative estimate of drug-likeness (QED) is 0.785. The fourth-order valence-electron chi connectivity index (χ4n) is 2.21. The molecule has 0 fully saturated rings. The Morgan fingerprint density at radius 2 is 2.00 bits per heavy atom. The van der Waals surface area contributed by atoms with Crippen LogP contribution >= 0.6 is 0 Å². The second-order valence-electron chi connectivity index (χ2n) is 6.20. The summed E-state index contributed by atoms with van der Waals surface area (Å²) in [4.78, 5) is 40.6. The van der Waals surface area contributed by atoms with Gasteiger partial charge in [0, 0.05) is 0 Å². The molecule has 2 rings (SSSR count). The predicted octanol–water partition coefficient (Wildman–Crippen LogP) is 1.82. The van der Waals surface area contributed by atoms with Gasteiger partial charge in [-0.1, -0.05) is 0 Å². The van der Waals surface area contributed by atoms with E-state index in [0.29, 0.717) is 0 Å². The van der Waals surface area contributed by atoms with Crippen molar-refractivity contribution in [2.45, 2.75) is 46.8 Å². The van der Waals surface area contributed by atoms with Crippen molar-refractivity contribution < 1.29 is 23.5 Å². The lowest BCUT2D eigenvalue weighted by Gasteiger charge is -2.19. The van der Waals surface area contributed by atoms with Gasteiger partial charge in [0.05, 0.1) is 6.61 Å². The summed E-state index contributed by atoms with van der Waals surface area (Å²) in [5, 5.41) is -0.00277. The molecule has 2 aromatic rings.